The van der Waals surface area contributed by atoms with Gasteiger partial charge in [-0.3, -0.25) is 14.4 Å². The normalized spacial score (nSPS) is 31.4. The van der Waals surface area contributed by atoms with Gasteiger partial charge < -0.3 is 4.90 Å². The Morgan fingerprint density at radius 3 is 2.46 bits per heavy atom. The largest absolute Gasteiger partial charge is 0.333 e. The Morgan fingerprint density at radius 1 is 1.11 bits per heavy atom. The van der Waals surface area contributed by atoms with Gasteiger partial charge in [0, 0.05) is 30.7 Å². The molecule has 4 fully saturated rings. The predicted molar refractivity (Wildman–Crippen MR) is 109 cm³/mol. The molecule has 4 saturated heterocycles. The van der Waals surface area contributed by atoms with Crippen LogP contribution in [-0.2, 0) is 0 Å². The first-order valence-electron chi connectivity index (χ1n) is 10.7. The molecule has 4 aliphatic heterocycles. The van der Waals surface area contributed by atoms with Crippen molar-refractivity contribution in [1.82, 2.24) is 19.6 Å². The minimum atomic E-state index is 0.158. The number of hydrogen-bond acceptors (Lipinski definition) is 3. The van der Waals surface area contributed by atoms with Gasteiger partial charge in [-0.15, -0.1) is 0 Å². The summed E-state index contributed by atoms with van der Waals surface area (Å²) in [6.07, 6.45) is 6.11. The van der Waals surface area contributed by atoms with Crippen LogP contribution in [0.25, 0.3) is 0 Å². The van der Waals surface area contributed by atoms with Crippen molar-refractivity contribution < 1.29 is 4.79 Å². The maximum atomic E-state index is 13.5. The Labute approximate surface area is 167 Å². The summed E-state index contributed by atoms with van der Waals surface area (Å²) in [6, 6.07) is 10.0. The van der Waals surface area contributed by atoms with Crippen LogP contribution >= 0.6 is 0 Å². The average Bonchev–Trinajstić information content (AvgIpc) is 3.36. The van der Waals surface area contributed by atoms with Crippen LogP contribution < -0.4 is 0 Å². The molecule has 0 N–H and O–H groups in total. The molecule has 5 heterocycles. The number of amides is 1. The van der Waals surface area contributed by atoms with Gasteiger partial charge in [0.15, 0.2) is 0 Å². The first kappa shape index (κ1) is 17.9. The van der Waals surface area contributed by atoms with Crippen molar-refractivity contribution in [3.8, 4) is 0 Å². The fourth-order valence-electron chi connectivity index (χ4n) is 5.66. The molecule has 0 aliphatic carbocycles. The number of hydrogen-bond donors (Lipinski definition) is 0. The lowest BCUT2D eigenvalue weighted by Crippen LogP contribution is -2.60. The Hall–Kier alpha value is -2.14. The Morgan fingerprint density at radius 2 is 1.82 bits per heavy atom. The van der Waals surface area contributed by atoms with Crippen molar-refractivity contribution in [2.75, 3.05) is 19.6 Å². The second-order valence-electron chi connectivity index (χ2n) is 9.13. The van der Waals surface area contributed by atoms with E-state index in [2.05, 4.69) is 59.9 Å². The topological polar surface area (TPSA) is 41.4 Å². The van der Waals surface area contributed by atoms with E-state index in [0.717, 1.165) is 12.1 Å². The third-order valence-electron chi connectivity index (χ3n) is 7.14. The molecule has 2 bridgehead atoms. The van der Waals surface area contributed by atoms with Crippen LogP contribution in [0.3, 0.4) is 0 Å². The predicted octanol–water partition coefficient (Wildman–Crippen LogP) is 3.47. The summed E-state index contributed by atoms with van der Waals surface area (Å²) >= 11 is 0. The minimum Gasteiger partial charge on any atom is -0.333 e. The minimum absolute atomic E-state index is 0.158. The number of carbonyl (C=O) groups is 1. The van der Waals surface area contributed by atoms with E-state index in [1.54, 1.807) is 6.20 Å². The van der Waals surface area contributed by atoms with E-state index in [4.69, 9.17) is 0 Å². The molecule has 1 amide bonds. The summed E-state index contributed by atoms with van der Waals surface area (Å²) < 4.78 is 1.88. The molecule has 6 rings (SSSR count). The molecule has 28 heavy (non-hydrogen) atoms. The highest BCUT2D eigenvalue weighted by molar-refractivity contribution is 5.94. The van der Waals surface area contributed by atoms with Crippen LogP contribution in [-0.4, -0.2) is 57.2 Å². The number of rotatable bonds is 3. The first-order valence-corrected chi connectivity index (χ1v) is 10.7. The summed E-state index contributed by atoms with van der Waals surface area (Å²) in [6.45, 7) is 9.50. The SMILES string of the molecule is Cc1ccc([C@@H]2CN(C(=O)c3cnn(C(C)C)c3)[C@@H]3C4CCN(CC4)[C@@H]32)cc1. The molecule has 5 nitrogen and oxygen atoms in total. The molecule has 5 heteroatoms. The summed E-state index contributed by atoms with van der Waals surface area (Å²) in [7, 11) is 0. The smallest absolute Gasteiger partial charge is 0.257 e. The van der Waals surface area contributed by atoms with E-state index >= 15 is 0 Å². The molecule has 1 aromatic carbocycles. The van der Waals surface area contributed by atoms with Crippen LogP contribution in [0.5, 0.6) is 0 Å². The second kappa shape index (κ2) is 6.73. The van der Waals surface area contributed by atoms with Gasteiger partial charge in [0.25, 0.3) is 5.91 Å². The second-order valence-corrected chi connectivity index (χ2v) is 9.13. The number of fused-ring (bicyclic) bond motifs is 2. The number of likely N-dealkylation sites (tertiary alicyclic amines) is 1. The fraction of sp³-hybridized carbons (Fsp3) is 0.565. The maximum Gasteiger partial charge on any atom is 0.257 e. The van der Waals surface area contributed by atoms with Gasteiger partial charge in [-0.2, -0.15) is 5.10 Å². The Bertz CT molecular complexity index is 863. The molecule has 1 aromatic heterocycles. The summed E-state index contributed by atoms with van der Waals surface area (Å²) in [5.41, 5.74) is 3.40. The molecule has 0 saturated carbocycles. The average molecular weight is 379 g/mol. The number of aromatic nitrogens is 2. The van der Waals surface area contributed by atoms with Gasteiger partial charge in [-0.1, -0.05) is 29.8 Å². The van der Waals surface area contributed by atoms with E-state index in [9.17, 15) is 4.79 Å². The number of piperidine rings is 3. The van der Waals surface area contributed by atoms with E-state index in [1.807, 2.05) is 10.9 Å². The first-order chi connectivity index (χ1) is 13.5. The van der Waals surface area contributed by atoms with Gasteiger partial charge in [0.2, 0.25) is 0 Å². The zero-order valence-corrected chi connectivity index (χ0v) is 17.1. The monoisotopic (exact) mass is 378 g/mol. The zero-order valence-electron chi connectivity index (χ0n) is 17.1. The zero-order chi connectivity index (χ0) is 19.4. The molecule has 0 unspecified atom stereocenters. The van der Waals surface area contributed by atoms with Crippen LogP contribution in [0, 0.1) is 12.8 Å². The van der Waals surface area contributed by atoms with E-state index in [1.165, 1.54) is 37.1 Å². The lowest BCUT2D eigenvalue weighted by Gasteiger charge is -2.51. The van der Waals surface area contributed by atoms with Crippen LogP contribution in [0.15, 0.2) is 36.7 Å². The standard InChI is InChI=1S/C23H30N4O/c1-15(2)27-13-19(12-24-27)23(28)26-14-20(17-6-4-16(3)5-7-17)22-21(26)18-8-10-25(22)11-9-18/h4-7,12-13,15,18,20-22H,8-11,14H2,1-3H3/t20-,21+,22+/m0/s1. The molecule has 3 atom stereocenters. The van der Waals surface area contributed by atoms with Gasteiger partial charge >= 0.3 is 0 Å². The molecule has 148 valence electrons. The highest BCUT2D eigenvalue weighted by atomic mass is 16.2. The summed E-state index contributed by atoms with van der Waals surface area (Å²) in [5.74, 6) is 1.19. The van der Waals surface area contributed by atoms with Crippen LogP contribution in [0.1, 0.15) is 60.1 Å². The van der Waals surface area contributed by atoms with Gasteiger partial charge in [0.1, 0.15) is 0 Å². The van der Waals surface area contributed by atoms with Crippen molar-refractivity contribution in [3.63, 3.8) is 0 Å². The van der Waals surface area contributed by atoms with Crippen LogP contribution in [0.4, 0.5) is 0 Å². The molecule has 0 radical (unpaired) electrons. The van der Waals surface area contributed by atoms with Gasteiger partial charge in [-0.25, -0.2) is 0 Å². The molecule has 2 aromatic rings. The van der Waals surface area contributed by atoms with Crippen molar-refractivity contribution in [3.05, 3.63) is 53.3 Å². The number of aryl methyl sites for hydroxylation is 1. The van der Waals surface area contributed by atoms with Gasteiger partial charge in [-0.05, 0) is 58.2 Å². The van der Waals surface area contributed by atoms with Gasteiger partial charge in [0.05, 0.1) is 17.8 Å². The Kier molecular flexibility index (Phi) is 4.31. The number of carbonyl (C=O) groups excluding carboxylic acids is 1. The van der Waals surface area contributed by atoms with E-state index in [-0.39, 0.29) is 11.9 Å². The highest BCUT2D eigenvalue weighted by Crippen LogP contribution is 2.47. The van der Waals surface area contributed by atoms with Crippen molar-refractivity contribution >= 4 is 5.91 Å². The molecule has 4 aliphatic rings. The van der Waals surface area contributed by atoms with E-state index < -0.39 is 0 Å². The Balaban J connectivity index is 1.49. The third-order valence-corrected chi connectivity index (χ3v) is 7.14. The van der Waals surface area contributed by atoms with Crippen molar-refractivity contribution in [2.45, 2.75) is 57.7 Å². The quantitative estimate of drug-likeness (QED) is 0.821. The lowest BCUT2D eigenvalue weighted by atomic mass is 9.75. The van der Waals surface area contributed by atoms with Crippen molar-refractivity contribution in [1.29, 1.82) is 0 Å². The third kappa shape index (κ3) is 2.79. The number of nitrogens with zero attached hydrogens (tertiary/aromatic N) is 4. The molecular weight excluding hydrogens is 348 g/mol. The summed E-state index contributed by atoms with van der Waals surface area (Å²) in [5, 5.41) is 4.41. The molecular formula is C23H30N4O. The van der Waals surface area contributed by atoms with E-state index in [0.29, 0.717) is 23.9 Å². The summed E-state index contributed by atoms with van der Waals surface area (Å²) in [4.78, 5) is 18.3. The fourth-order valence-corrected chi connectivity index (χ4v) is 5.66. The highest BCUT2D eigenvalue weighted by Gasteiger charge is 2.54. The maximum absolute atomic E-state index is 13.5. The van der Waals surface area contributed by atoms with Crippen molar-refractivity contribution in [2.24, 2.45) is 5.92 Å². The lowest BCUT2D eigenvalue weighted by molar-refractivity contribution is -0.00341. The van der Waals surface area contributed by atoms with Crippen LogP contribution in [0.2, 0.25) is 0 Å². The molecule has 0 spiro atoms. The number of benzene rings is 1.